The van der Waals surface area contributed by atoms with E-state index in [0.29, 0.717) is 6.42 Å². The second-order valence-electron chi connectivity index (χ2n) is 5.60. The molecular formula is C19H15NO. The monoisotopic (exact) mass is 273 g/mol. The van der Waals surface area contributed by atoms with Crippen LogP contribution in [0, 0.1) is 0 Å². The van der Waals surface area contributed by atoms with E-state index in [0.717, 1.165) is 33.2 Å². The number of rotatable bonds is 1. The normalized spacial score (nSPS) is 17.1. The Hall–Kier alpha value is -2.61. The van der Waals surface area contributed by atoms with E-state index in [1.165, 1.54) is 0 Å². The van der Waals surface area contributed by atoms with E-state index >= 15 is 0 Å². The fourth-order valence-electron chi connectivity index (χ4n) is 3.31. The first-order valence-electron chi connectivity index (χ1n) is 7.14. The molecule has 3 aromatic rings. The molecule has 0 fully saturated rings. The molecule has 0 saturated heterocycles. The van der Waals surface area contributed by atoms with Crippen LogP contribution in [-0.2, 0) is 0 Å². The van der Waals surface area contributed by atoms with Crippen molar-refractivity contribution in [1.29, 1.82) is 0 Å². The van der Waals surface area contributed by atoms with Gasteiger partial charge >= 0.3 is 0 Å². The van der Waals surface area contributed by atoms with Gasteiger partial charge in [-0.3, -0.25) is 4.79 Å². The van der Waals surface area contributed by atoms with E-state index in [1.807, 2.05) is 42.5 Å². The topological polar surface area (TPSA) is 43.1 Å². The highest BCUT2D eigenvalue weighted by Gasteiger charge is 2.31. The molecule has 21 heavy (non-hydrogen) atoms. The highest BCUT2D eigenvalue weighted by atomic mass is 16.1. The highest BCUT2D eigenvalue weighted by molar-refractivity contribution is 6.12. The van der Waals surface area contributed by atoms with Gasteiger partial charge in [-0.05, 0) is 34.0 Å². The summed E-state index contributed by atoms with van der Waals surface area (Å²) in [4.78, 5) is 12.5. The molecule has 102 valence electrons. The Bertz CT molecular complexity index is 849. The minimum absolute atomic E-state index is 0.151. The molecule has 2 nitrogen and oxygen atoms in total. The smallest absolute Gasteiger partial charge is 0.164 e. The van der Waals surface area contributed by atoms with E-state index in [2.05, 4.69) is 18.2 Å². The van der Waals surface area contributed by atoms with Crippen molar-refractivity contribution in [3.63, 3.8) is 0 Å². The lowest BCUT2D eigenvalue weighted by Gasteiger charge is -2.12. The van der Waals surface area contributed by atoms with Crippen LogP contribution in [0.3, 0.4) is 0 Å². The number of benzene rings is 3. The lowest BCUT2D eigenvalue weighted by Crippen LogP contribution is -1.97. The number of nitrogens with two attached hydrogens (primary N) is 1. The van der Waals surface area contributed by atoms with E-state index in [1.54, 1.807) is 0 Å². The summed E-state index contributed by atoms with van der Waals surface area (Å²) >= 11 is 0. The van der Waals surface area contributed by atoms with Crippen molar-refractivity contribution < 1.29 is 4.79 Å². The predicted molar refractivity (Wildman–Crippen MR) is 85.6 cm³/mol. The summed E-state index contributed by atoms with van der Waals surface area (Å²) in [6.45, 7) is 0. The summed E-state index contributed by atoms with van der Waals surface area (Å²) in [5.74, 6) is 0.390. The molecule has 2 heteroatoms. The third-order valence-electron chi connectivity index (χ3n) is 4.34. The molecule has 1 atom stereocenters. The fourth-order valence-corrected chi connectivity index (χ4v) is 3.31. The zero-order chi connectivity index (χ0) is 14.4. The second-order valence-corrected chi connectivity index (χ2v) is 5.60. The van der Waals surface area contributed by atoms with Crippen LogP contribution in [0.2, 0.25) is 0 Å². The number of carbonyl (C=O) groups is 1. The summed E-state index contributed by atoms with van der Waals surface area (Å²) in [5, 5.41) is 2.19. The van der Waals surface area contributed by atoms with Gasteiger partial charge in [0.15, 0.2) is 5.78 Å². The third kappa shape index (κ3) is 1.83. The van der Waals surface area contributed by atoms with Gasteiger partial charge in [0.05, 0.1) is 0 Å². The van der Waals surface area contributed by atoms with Crippen LogP contribution < -0.4 is 5.73 Å². The van der Waals surface area contributed by atoms with Gasteiger partial charge in [-0.1, -0.05) is 48.5 Å². The molecule has 0 amide bonds. The van der Waals surface area contributed by atoms with Crippen molar-refractivity contribution in [2.24, 2.45) is 0 Å². The van der Waals surface area contributed by atoms with E-state index in [-0.39, 0.29) is 11.7 Å². The maximum Gasteiger partial charge on any atom is 0.164 e. The van der Waals surface area contributed by atoms with Crippen molar-refractivity contribution in [2.45, 2.75) is 12.3 Å². The average Bonchev–Trinajstić information content (AvgIpc) is 2.86. The molecule has 2 N–H and O–H groups in total. The van der Waals surface area contributed by atoms with Crippen LogP contribution >= 0.6 is 0 Å². The molecule has 0 aliphatic heterocycles. The SMILES string of the molecule is Nc1ccc(C2CC(=O)c3c2ccc2ccccc32)cc1. The molecule has 0 spiro atoms. The molecule has 1 unspecified atom stereocenters. The number of fused-ring (bicyclic) bond motifs is 3. The zero-order valence-corrected chi connectivity index (χ0v) is 11.5. The van der Waals surface area contributed by atoms with Crippen LogP contribution in [0.4, 0.5) is 5.69 Å². The number of hydrogen-bond acceptors (Lipinski definition) is 2. The number of anilines is 1. The Morgan fingerprint density at radius 2 is 1.67 bits per heavy atom. The molecule has 1 aliphatic carbocycles. The molecule has 4 rings (SSSR count). The van der Waals surface area contributed by atoms with Gasteiger partial charge in [0.25, 0.3) is 0 Å². The van der Waals surface area contributed by atoms with E-state index in [9.17, 15) is 4.79 Å². The Balaban J connectivity index is 1.92. The van der Waals surface area contributed by atoms with E-state index < -0.39 is 0 Å². The third-order valence-corrected chi connectivity index (χ3v) is 4.34. The Morgan fingerprint density at radius 1 is 0.905 bits per heavy atom. The van der Waals surface area contributed by atoms with Crippen molar-refractivity contribution in [3.05, 3.63) is 77.4 Å². The molecular weight excluding hydrogens is 258 g/mol. The van der Waals surface area contributed by atoms with Gasteiger partial charge in [-0.2, -0.15) is 0 Å². The summed E-state index contributed by atoms with van der Waals surface area (Å²) in [6.07, 6.45) is 0.549. The molecule has 3 aromatic carbocycles. The minimum atomic E-state index is 0.151. The highest BCUT2D eigenvalue weighted by Crippen LogP contribution is 2.41. The van der Waals surface area contributed by atoms with Gasteiger partial charge in [0.1, 0.15) is 0 Å². The first kappa shape index (κ1) is 12.2. The van der Waals surface area contributed by atoms with Crippen LogP contribution in [-0.4, -0.2) is 5.78 Å². The maximum absolute atomic E-state index is 12.5. The van der Waals surface area contributed by atoms with Crippen molar-refractivity contribution in [1.82, 2.24) is 0 Å². The maximum atomic E-state index is 12.5. The summed E-state index contributed by atoms with van der Waals surface area (Å²) in [5.41, 5.74) is 9.71. The lowest BCUT2D eigenvalue weighted by atomic mass is 9.91. The Morgan fingerprint density at radius 3 is 2.48 bits per heavy atom. The van der Waals surface area contributed by atoms with Crippen LogP contribution in [0.15, 0.2) is 60.7 Å². The van der Waals surface area contributed by atoms with Gasteiger partial charge < -0.3 is 5.73 Å². The van der Waals surface area contributed by atoms with Gasteiger partial charge in [0, 0.05) is 23.6 Å². The minimum Gasteiger partial charge on any atom is -0.399 e. The molecule has 1 aliphatic rings. The first-order valence-corrected chi connectivity index (χ1v) is 7.14. The number of hydrogen-bond donors (Lipinski definition) is 1. The Kier molecular flexibility index (Phi) is 2.58. The van der Waals surface area contributed by atoms with Gasteiger partial charge in [0.2, 0.25) is 0 Å². The number of carbonyl (C=O) groups excluding carboxylic acids is 1. The summed E-state index contributed by atoms with van der Waals surface area (Å²) in [7, 11) is 0. The van der Waals surface area contributed by atoms with Crippen molar-refractivity contribution >= 4 is 22.2 Å². The quantitative estimate of drug-likeness (QED) is 0.677. The summed E-state index contributed by atoms with van der Waals surface area (Å²) in [6, 6.07) is 20.2. The van der Waals surface area contributed by atoms with Crippen LogP contribution in [0.25, 0.3) is 10.8 Å². The Labute approximate surface area is 123 Å². The average molecular weight is 273 g/mol. The van der Waals surface area contributed by atoms with Gasteiger partial charge in [-0.15, -0.1) is 0 Å². The molecule has 0 bridgehead atoms. The largest absolute Gasteiger partial charge is 0.399 e. The van der Waals surface area contributed by atoms with Crippen LogP contribution in [0.5, 0.6) is 0 Å². The molecule has 0 heterocycles. The lowest BCUT2D eigenvalue weighted by molar-refractivity contribution is 0.0993. The molecule has 0 radical (unpaired) electrons. The molecule has 0 saturated carbocycles. The van der Waals surface area contributed by atoms with E-state index in [4.69, 9.17) is 5.73 Å². The summed E-state index contributed by atoms with van der Waals surface area (Å²) < 4.78 is 0. The fraction of sp³-hybridized carbons (Fsp3) is 0.105. The second kappa shape index (κ2) is 4.45. The predicted octanol–water partition coefficient (Wildman–Crippen LogP) is 4.14. The zero-order valence-electron chi connectivity index (χ0n) is 11.5. The van der Waals surface area contributed by atoms with Crippen molar-refractivity contribution in [2.75, 3.05) is 5.73 Å². The molecule has 0 aromatic heterocycles. The standard InChI is InChI=1S/C19H15NO/c20-14-8-5-13(6-9-14)17-11-18(21)19-15-4-2-1-3-12(15)7-10-16(17)19/h1-10,17H,11,20H2. The number of Topliss-reactive ketones (excluding diaryl/α,β-unsaturated/α-hetero) is 1. The first-order chi connectivity index (χ1) is 10.2. The van der Waals surface area contributed by atoms with Crippen molar-refractivity contribution in [3.8, 4) is 0 Å². The van der Waals surface area contributed by atoms with Crippen LogP contribution in [0.1, 0.15) is 33.8 Å². The number of ketones is 1. The number of nitrogen functional groups attached to an aromatic ring is 1. The van der Waals surface area contributed by atoms with Gasteiger partial charge in [-0.25, -0.2) is 0 Å².